The number of hydrogen-bond acceptors (Lipinski definition) is 5. The highest BCUT2D eigenvalue weighted by Gasteiger charge is 2.26. The van der Waals surface area contributed by atoms with Gasteiger partial charge in [-0.05, 0) is 56.8 Å². The molecule has 3 aromatic rings. The summed E-state index contributed by atoms with van der Waals surface area (Å²) in [5, 5.41) is 9.80. The Bertz CT molecular complexity index is 1040. The van der Waals surface area contributed by atoms with E-state index in [2.05, 4.69) is 57.7 Å². The second-order valence-electron chi connectivity index (χ2n) is 9.46. The van der Waals surface area contributed by atoms with E-state index in [4.69, 9.17) is 9.97 Å². The Morgan fingerprint density at radius 1 is 0.875 bits per heavy atom. The van der Waals surface area contributed by atoms with Crippen LogP contribution in [0.5, 0.6) is 0 Å². The molecular formula is C26H35N5O. The molecule has 0 bridgehead atoms. The summed E-state index contributed by atoms with van der Waals surface area (Å²) in [6.07, 6.45) is 7.31. The van der Waals surface area contributed by atoms with Crippen LogP contribution in [-0.2, 0) is 13.1 Å². The second kappa shape index (κ2) is 9.59. The molecule has 5 rings (SSSR count). The van der Waals surface area contributed by atoms with E-state index in [-0.39, 0.29) is 12.6 Å². The van der Waals surface area contributed by atoms with Crippen LogP contribution in [0.3, 0.4) is 0 Å². The van der Waals surface area contributed by atoms with E-state index in [1.54, 1.807) is 0 Å². The minimum absolute atomic E-state index is 0.218. The zero-order valence-electron chi connectivity index (χ0n) is 19.2. The molecule has 0 unspecified atom stereocenters. The van der Waals surface area contributed by atoms with Crippen molar-refractivity contribution in [3.8, 4) is 0 Å². The van der Waals surface area contributed by atoms with Crippen LogP contribution in [0.2, 0.25) is 0 Å². The lowest BCUT2D eigenvalue weighted by molar-refractivity contribution is 0.150. The molecule has 2 aliphatic rings. The van der Waals surface area contributed by atoms with Crippen LogP contribution in [0.4, 0.5) is 5.82 Å². The maximum Gasteiger partial charge on any atom is 0.162 e. The van der Waals surface area contributed by atoms with Crippen molar-refractivity contribution < 1.29 is 5.11 Å². The third kappa shape index (κ3) is 4.52. The van der Waals surface area contributed by atoms with Gasteiger partial charge in [0.05, 0.1) is 19.7 Å². The second-order valence-corrected chi connectivity index (χ2v) is 9.46. The first-order chi connectivity index (χ1) is 15.7. The number of aryl methyl sites for hydroxylation is 1. The van der Waals surface area contributed by atoms with Crippen LogP contribution >= 0.6 is 0 Å². The maximum atomic E-state index is 9.80. The van der Waals surface area contributed by atoms with Crippen molar-refractivity contribution in [1.82, 2.24) is 19.4 Å². The predicted molar refractivity (Wildman–Crippen MR) is 129 cm³/mol. The van der Waals surface area contributed by atoms with Crippen LogP contribution in [-0.4, -0.2) is 56.8 Å². The third-order valence-electron chi connectivity index (χ3n) is 7.10. The van der Waals surface area contributed by atoms with Crippen LogP contribution in [0, 0.1) is 6.92 Å². The fraction of sp³-hybridized carbons (Fsp3) is 0.538. The van der Waals surface area contributed by atoms with Gasteiger partial charge in [0, 0.05) is 19.1 Å². The minimum Gasteiger partial charge on any atom is -0.395 e. The lowest BCUT2D eigenvalue weighted by Gasteiger charge is -2.23. The molecule has 32 heavy (non-hydrogen) atoms. The van der Waals surface area contributed by atoms with Gasteiger partial charge in [0.1, 0.15) is 17.2 Å². The molecule has 0 radical (unpaired) electrons. The zero-order chi connectivity index (χ0) is 21.9. The Morgan fingerprint density at radius 2 is 1.66 bits per heavy atom. The summed E-state index contributed by atoms with van der Waals surface area (Å²) in [4.78, 5) is 15.0. The zero-order valence-corrected chi connectivity index (χ0v) is 19.2. The van der Waals surface area contributed by atoms with E-state index in [1.165, 1.54) is 36.8 Å². The number of rotatable bonds is 6. The molecule has 1 atom stereocenters. The number of aliphatic hydroxyl groups is 1. The first-order valence-electron chi connectivity index (χ1n) is 12.2. The Labute approximate surface area is 190 Å². The van der Waals surface area contributed by atoms with Crippen LogP contribution < -0.4 is 4.90 Å². The monoisotopic (exact) mass is 433 g/mol. The highest BCUT2D eigenvalue weighted by Crippen LogP contribution is 2.25. The Hall–Kier alpha value is -2.44. The standard InChI is InChI=1S/C26H35N5O/c1-20-8-10-21(11-9-20)17-31-25(18-30-16-6-7-22(30)19-32)27-23-12-13-24(28-26(23)31)29-14-4-2-3-5-15-29/h8-13,22,32H,2-7,14-19H2,1H3/t22-/m0/s1. The number of nitrogens with zero attached hydrogens (tertiary/aromatic N) is 5. The number of fused-ring (bicyclic) bond motifs is 1. The molecule has 2 saturated heterocycles. The summed E-state index contributed by atoms with van der Waals surface area (Å²) in [6.45, 7) is 7.06. The van der Waals surface area contributed by atoms with E-state index >= 15 is 0 Å². The number of benzene rings is 1. The predicted octanol–water partition coefficient (Wildman–Crippen LogP) is 4.13. The summed E-state index contributed by atoms with van der Waals surface area (Å²) in [6, 6.07) is 13.3. The average molecular weight is 434 g/mol. The van der Waals surface area contributed by atoms with Crippen LogP contribution in [0.1, 0.15) is 55.5 Å². The van der Waals surface area contributed by atoms with Gasteiger partial charge in [-0.2, -0.15) is 0 Å². The van der Waals surface area contributed by atoms with Crippen molar-refractivity contribution in [3.05, 3.63) is 53.3 Å². The van der Waals surface area contributed by atoms with Gasteiger partial charge in [-0.15, -0.1) is 0 Å². The van der Waals surface area contributed by atoms with Crippen molar-refractivity contribution in [2.24, 2.45) is 0 Å². The topological polar surface area (TPSA) is 57.4 Å². The van der Waals surface area contributed by atoms with E-state index in [0.717, 1.165) is 68.4 Å². The first kappa shape index (κ1) is 21.4. The van der Waals surface area contributed by atoms with Gasteiger partial charge in [0.2, 0.25) is 0 Å². The molecule has 2 aromatic heterocycles. The molecular weight excluding hydrogens is 398 g/mol. The minimum atomic E-state index is 0.218. The van der Waals surface area contributed by atoms with Crippen molar-refractivity contribution in [2.45, 2.75) is 64.6 Å². The van der Waals surface area contributed by atoms with Crippen molar-refractivity contribution in [1.29, 1.82) is 0 Å². The summed E-state index contributed by atoms with van der Waals surface area (Å²) in [5.41, 5.74) is 4.47. The molecule has 6 heteroatoms. The van der Waals surface area contributed by atoms with Crippen molar-refractivity contribution in [2.75, 3.05) is 31.1 Å². The molecule has 6 nitrogen and oxygen atoms in total. The van der Waals surface area contributed by atoms with Gasteiger partial charge in [0.25, 0.3) is 0 Å². The molecule has 4 heterocycles. The van der Waals surface area contributed by atoms with E-state index in [0.29, 0.717) is 0 Å². The third-order valence-corrected chi connectivity index (χ3v) is 7.10. The quantitative estimate of drug-likeness (QED) is 0.634. The maximum absolute atomic E-state index is 9.80. The van der Waals surface area contributed by atoms with E-state index in [1.807, 2.05) is 0 Å². The van der Waals surface area contributed by atoms with Gasteiger partial charge < -0.3 is 14.6 Å². The summed E-state index contributed by atoms with van der Waals surface area (Å²) in [5.74, 6) is 2.12. The number of anilines is 1. The smallest absolute Gasteiger partial charge is 0.162 e. The van der Waals surface area contributed by atoms with Gasteiger partial charge in [-0.1, -0.05) is 42.7 Å². The SMILES string of the molecule is Cc1ccc(Cn2c(CN3CCC[C@H]3CO)nc3ccc(N4CCCCCC4)nc32)cc1. The first-order valence-corrected chi connectivity index (χ1v) is 12.2. The average Bonchev–Trinajstić information content (AvgIpc) is 3.28. The number of imidazole rings is 1. The Morgan fingerprint density at radius 3 is 2.41 bits per heavy atom. The Kier molecular flexibility index (Phi) is 6.42. The summed E-state index contributed by atoms with van der Waals surface area (Å²) < 4.78 is 2.30. The highest BCUT2D eigenvalue weighted by molar-refractivity contribution is 5.74. The molecule has 2 fully saturated rings. The van der Waals surface area contributed by atoms with Crippen molar-refractivity contribution >= 4 is 17.0 Å². The molecule has 170 valence electrons. The Balaban J connectivity index is 1.52. The van der Waals surface area contributed by atoms with E-state index in [9.17, 15) is 5.11 Å². The fourth-order valence-electron chi connectivity index (χ4n) is 5.17. The van der Waals surface area contributed by atoms with Gasteiger partial charge in [-0.25, -0.2) is 9.97 Å². The number of aromatic nitrogens is 3. The van der Waals surface area contributed by atoms with Crippen LogP contribution in [0.25, 0.3) is 11.2 Å². The molecule has 0 spiro atoms. The lowest BCUT2D eigenvalue weighted by Crippen LogP contribution is -2.32. The van der Waals surface area contributed by atoms with Gasteiger partial charge in [-0.3, -0.25) is 4.90 Å². The molecule has 0 amide bonds. The molecule has 2 aliphatic heterocycles. The summed E-state index contributed by atoms with van der Waals surface area (Å²) in [7, 11) is 0. The lowest BCUT2D eigenvalue weighted by atomic mass is 10.1. The molecule has 0 aliphatic carbocycles. The molecule has 1 aromatic carbocycles. The molecule has 0 saturated carbocycles. The van der Waals surface area contributed by atoms with Gasteiger partial charge in [0.15, 0.2) is 5.65 Å². The van der Waals surface area contributed by atoms with E-state index < -0.39 is 0 Å². The number of aliphatic hydroxyl groups excluding tert-OH is 1. The fourth-order valence-corrected chi connectivity index (χ4v) is 5.17. The largest absolute Gasteiger partial charge is 0.395 e. The summed E-state index contributed by atoms with van der Waals surface area (Å²) >= 11 is 0. The van der Waals surface area contributed by atoms with Crippen molar-refractivity contribution in [3.63, 3.8) is 0 Å². The van der Waals surface area contributed by atoms with Gasteiger partial charge >= 0.3 is 0 Å². The number of likely N-dealkylation sites (tertiary alicyclic amines) is 1. The highest BCUT2D eigenvalue weighted by atomic mass is 16.3. The number of hydrogen-bond donors (Lipinski definition) is 1. The molecule has 1 N–H and O–H groups in total. The normalized spacial score (nSPS) is 20.2. The number of pyridine rings is 1. The van der Waals surface area contributed by atoms with Crippen LogP contribution in [0.15, 0.2) is 36.4 Å².